The van der Waals surface area contributed by atoms with Crippen LogP contribution in [0.25, 0.3) is 0 Å². The maximum Gasteiger partial charge on any atom is 0.416 e. The third-order valence-electron chi connectivity index (χ3n) is 5.88. The molecule has 1 aromatic heterocycles. The molecule has 0 saturated heterocycles. The lowest BCUT2D eigenvalue weighted by Gasteiger charge is -2.29. The van der Waals surface area contributed by atoms with E-state index in [9.17, 15) is 31.1 Å². The fraction of sp³-hybridized carbons (Fsp3) is 0.522. The molecule has 1 aromatic carbocycles. The molecule has 1 aliphatic carbocycles. The van der Waals surface area contributed by atoms with E-state index in [-0.39, 0.29) is 24.6 Å². The Morgan fingerprint density at radius 2 is 1.51 bits per heavy atom. The number of carbonyl (C=O) groups excluding carboxylic acids is 1. The Labute approximate surface area is 199 Å². The van der Waals surface area contributed by atoms with Gasteiger partial charge < -0.3 is 15.5 Å². The topological polar surface area (TPSA) is 70.2 Å². The molecule has 0 spiro atoms. The molecule has 2 aromatic rings. The quantitative estimate of drug-likeness (QED) is 0.525. The summed E-state index contributed by atoms with van der Waals surface area (Å²) in [7, 11) is 3.77. The second-order valence-electron chi connectivity index (χ2n) is 8.95. The summed E-state index contributed by atoms with van der Waals surface area (Å²) in [5.41, 5.74) is -2.87. The summed E-state index contributed by atoms with van der Waals surface area (Å²) in [5, 5.41) is 5.81. The van der Waals surface area contributed by atoms with Gasteiger partial charge in [0.1, 0.15) is 5.82 Å². The second kappa shape index (κ2) is 10.3. The highest BCUT2D eigenvalue weighted by molar-refractivity contribution is 5.94. The van der Waals surface area contributed by atoms with Crippen LogP contribution in [-0.2, 0) is 12.4 Å². The smallest absolute Gasteiger partial charge is 0.363 e. The highest BCUT2D eigenvalue weighted by atomic mass is 19.4. The molecule has 2 N–H and O–H groups in total. The molecule has 0 unspecified atom stereocenters. The molecule has 1 fully saturated rings. The molecule has 1 saturated carbocycles. The molecule has 192 valence electrons. The van der Waals surface area contributed by atoms with Crippen molar-refractivity contribution in [2.24, 2.45) is 5.92 Å². The number of amides is 1. The van der Waals surface area contributed by atoms with Gasteiger partial charge in [0.15, 0.2) is 0 Å². The predicted molar refractivity (Wildman–Crippen MR) is 119 cm³/mol. The molecule has 1 heterocycles. The van der Waals surface area contributed by atoms with Gasteiger partial charge in [-0.15, -0.1) is 0 Å². The van der Waals surface area contributed by atoms with E-state index in [0.29, 0.717) is 18.1 Å². The second-order valence-corrected chi connectivity index (χ2v) is 8.95. The van der Waals surface area contributed by atoms with Gasteiger partial charge >= 0.3 is 12.4 Å². The Morgan fingerprint density at radius 1 is 0.943 bits per heavy atom. The Balaban J connectivity index is 1.57. The van der Waals surface area contributed by atoms with Crippen molar-refractivity contribution >= 4 is 17.7 Å². The first kappa shape index (κ1) is 26.6. The zero-order valence-electron chi connectivity index (χ0n) is 19.5. The maximum absolute atomic E-state index is 13.0. The van der Waals surface area contributed by atoms with Gasteiger partial charge in [-0.1, -0.05) is 0 Å². The van der Waals surface area contributed by atoms with Gasteiger partial charge in [-0.3, -0.25) is 4.79 Å². The van der Waals surface area contributed by atoms with Gasteiger partial charge in [0, 0.05) is 44.0 Å². The number of hydrogen-bond acceptors (Lipinski definition) is 5. The normalized spacial score (nSPS) is 18.8. The number of aryl methyl sites for hydroxylation is 1. The molecule has 0 atom stereocenters. The lowest BCUT2D eigenvalue weighted by Crippen LogP contribution is -2.34. The Morgan fingerprint density at radius 3 is 2.03 bits per heavy atom. The number of hydrogen-bond donors (Lipinski definition) is 2. The number of rotatable bonds is 6. The number of halogens is 6. The van der Waals surface area contributed by atoms with E-state index in [1.165, 1.54) is 0 Å². The van der Waals surface area contributed by atoms with Crippen LogP contribution in [0.4, 0.5) is 38.1 Å². The molecule has 0 bridgehead atoms. The van der Waals surface area contributed by atoms with E-state index in [0.717, 1.165) is 37.2 Å². The largest absolute Gasteiger partial charge is 0.416 e. The Kier molecular flexibility index (Phi) is 7.80. The average Bonchev–Trinajstić information content (AvgIpc) is 2.76. The first-order valence-corrected chi connectivity index (χ1v) is 11.1. The molecule has 12 heteroatoms. The summed E-state index contributed by atoms with van der Waals surface area (Å²) in [5.74, 6) is 0.391. The molecule has 1 aliphatic rings. The first-order chi connectivity index (χ1) is 16.2. The minimum atomic E-state index is -5.00. The Bertz CT molecular complexity index is 1010. The molecule has 3 rings (SSSR count). The van der Waals surface area contributed by atoms with Crippen molar-refractivity contribution < 1.29 is 31.1 Å². The summed E-state index contributed by atoms with van der Waals surface area (Å²) in [6, 6.07) is 2.87. The van der Waals surface area contributed by atoms with Crippen LogP contribution in [-0.4, -0.2) is 42.6 Å². The van der Waals surface area contributed by atoms with Crippen LogP contribution in [0.1, 0.15) is 52.9 Å². The van der Waals surface area contributed by atoms with Crippen molar-refractivity contribution in [1.82, 2.24) is 15.3 Å². The molecule has 1 amide bonds. The number of nitrogens with one attached hydrogen (secondary N) is 2. The maximum atomic E-state index is 13.0. The van der Waals surface area contributed by atoms with Crippen LogP contribution in [0.3, 0.4) is 0 Å². The van der Waals surface area contributed by atoms with E-state index in [1.807, 2.05) is 32.0 Å². The van der Waals surface area contributed by atoms with Gasteiger partial charge in [-0.05, 0) is 56.7 Å². The van der Waals surface area contributed by atoms with E-state index in [4.69, 9.17) is 0 Å². The molecule has 0 radical (unpaired) electrons. The van der Waals surface area contributed by atoms with Crippen molar-refractivity contribution in [2.75, 3.05) is 30.9 Å². The minimum absolute atomic E-state index is 0.00446. The highest BCUT2D eigenvalue weighted by Gasteiger charge is 2.37. The zero-order valence-corrected chi connectivity index (χ0v) is 19.5. The number of carbonyl (C=O) groups is 1. The number of alkyl halides is 6. The SMILES string of the molecule is Cc1cc(N(C)C)nc(NC2CCC(CNC(=O)c3cc(C(F)(F)F)cc(C(F)(F)F)c3)CC2)n1. The molecule has 6 nitrogen and oxygen atoms in total. The highest BCUT2D eigenvalue weighted by Crippen LogP contribution is 2.36. The fourth-order valence-corrected chi connectivity index (χ4v) is 3.96. The summed E-state index contributed by atoms with van der Waals surface area (Å²) in [6.45, 7) is 2.04. The van der Waals surface area contributed by atoms with E-state index >= 15 is 0 Å². The van der Waals surface area contributed by atoms with Gasteiger partial charge in [-0.2, -0.15) is 31.3 Å². The van der Waals surface area contributed by atoms with Crippen molar-refractivity contribution in [3.8, 4) is 0 Å². The predicted octanol–water partition coefficient (Wildman–Crippen LogP) is 5.29. The lowest BCUT2D eigenvalue weighted by atomic mass is 9.86. The number of anilines is 2. The van der Waals surface area contributed by atoms with Gasteiger partial charge in [0.05, 0.1) is 11.1 Å². The molecule has 0 aliphatic heterocycles. The molecular formula is C23H27F6N5O. The fourth-order valence-electron chi connectivity index (χ4n) is 3.96. The van der Waals surface area contributed by atoms with Crippen molar-refractivity contribution in [3.63, 3.8) is 0 Å². The first-order valence-electron chi connectivity index (χ1n) is 11.1. The van der Waals surface area contributed by atoms with Gasteiger partial charge in [-0.25, -0.2) is 4.98 Å². The number of benzene rings is 1. The minimum Gasteiger partial charge on any atom is -0.363 e. The number of nitrogens with zero attached hydrogens (tertiary/aromatic N) is 3. The molecule has 35 heavy (non-hydrogen) atoms. The van der Waals surface area contributed by atoms with Crippen LogP contribution in [0, 0.1) is 12.8 Å². The van der Waals surface area contributed by atoms with Crippen LogP contribution in [0.15, 0.2) is 24.3 Å². The van der Waals surface area contributed by atoms with Gasteiger partial charge in [0.2, 0.25) is 5.95 Å². The van der Waals surface area contributed by atoms with Crippen LogP contribution in [0.5, 0.6) is 0 Å². The number of aromatic nitrogens is 2. The van der Waals surface area contributed by atoms with Crippen molar-refractivity contribution in [3.05, 3.63) is 46.6 Å². The third-order valence-corrected chi connectivity index (χ3v) is 5.88. The third kappa shape index (κ3) is 7.22. The Hall–Kier alpha value is -3.05. The lowest BCUT2D eigenvalue weighted by molar-refractivity contribution is -0.143. The van der Waals surface area contributed by atoms with E-state index in [1.54, 1.807) is 0 Å². The van der Waals surface area contributed by atoms with Crippen molar-refractivity contribution in [2.45, 2.75) is 51.0 Å². The monoisotopic (exact) mass is 503 g/mol. The average molecular weight is 503 g/mol. The van der Waals surface area contributed by atoms with Crippen molar-refractivity contribution in [1.29, 1.82) is 0 Å². The summed E-state index contributed by atoms with van der Waals surface area (Å²) >= 11 is 0. The van der Waals surface area contributed by atoms with E-state index < -0.39 is 35.0 Å². The summed E-state index contributed by atoms with van der Waals surface area (Å²) < 4.78 is 78.2. The van der Waals surface area contributed by atoms with Crippen LogP contribution < -0.4 is 15.5 Å². The standard InChI is InChI=1S/C23H27F6N5O/c1-13-8-19(34(2)3)33-21(31-13)32-18-6-4-14(5-7-18)12-30-20(35)15-9-16(22(24,25)26)11-17(10-15)23(27,28)29/h8-11,14,18H,4-7,12H2,1-3H3,(H,30,35)(H,31,32,33). The molecular weight excluding hydrogens is 476 g/mol. The van der Waals surface area contributed by atoms with Crippen LogP contribution >= 0.6 is 0 Å². The van der Waals surface area contributed by atoms with E-state index in [2.05, 4.69) is 20.6 Å². The zero-order chi connectivity index (χ0) is 26.0. The van der Waals surface area contributed by atoms with Gasteiger partial charge in [0.25, 0.3) is 5.91 Å². The van der Waals surface area contributed by atoms with Crippen LogP contribution in [0.2, 0.25) is 0 Å². The summed E-state index contributed by atoms with van der Waals surface area (Å²) in [6.07, 6.45) is -7.04. The summed E-state index contributed by atoms with van der Waals surface area (Å²) in [4.78, 5) is 23.1.